The second-order valence-electron chi connectivity index (χ2n) is 7.76. The molecular formula is C22H37NO8. The number of esters is 4. The Morgan fingerprint density at radius 1 is 0.968 bits per heavy atom. The molecule has 0 radical (unpaired) electrons. The molecule has 0 aliphatic rings. The summed E-state index contributed by atoms with van der Waals surface area (Å²) in [5, 5.41) is 0. The van der Waals surface area contributed by atoms with Gasteiger partial charge in [-0.25, -0.2) is 9.59 Å². The number of rotatable bonds is 15. The van der Waals surface area contributed by atoms with E-state index in [1.54, 1.807) is 6.92 Å². The van der Waals surface area contributed by atoms with Gasteiger partial charge in [-0.1, -0.05) is 26.8 Å². The fourth-order valence-corrected chi connectivity index (χ4v) is 2.55. The van der Waals surface area contributed by atoms with Crippen LogP contribution in [-0.2, 0) is 38.1 Å². The Labute approximate surface area is 185 Å². The predicted molar refractivity (Wildman–Crippen MR) is 114 cm³/mol. The van der Waals surface area contributed by atoms with Gasteiger partial charge >= 0.3 is 23.9 Å². The summed E-state index contributed by atoms with van der Waals surface area (Å²) >= 11 is 0. The van der Waals surface area contributed by atoms with E-state index in [4.69, 9.17) is 18.9 Å². The summed E-state index contributed by atoms with van der Waals surface area (Å²) in [6, 6.07) is 0. The summed E-state index contributed by atoms with van der Waals surface area (Å²) in [6.07, 6.45) is 0.0453. The molecule has 0 amide bonds. The zero-order chi connectivity index (χ0) is 24.0. The van der Waals surface area contributed by atoms with Crippen LogP contribution in [0.2, 0.25) is 0 Å². The predicted octanol–water partition coefficient (Wildman–Crippen LogP) is 2.13. The smallest absolute Gasteiger partial charge is 0.347 e. The molecule has 0 aliphatic carbocycles. The van der Waals surface area contributed by atoms with E-state index in [-0.39, 0.29) is 31.6 Å². The first-order valence-corrected chi connectivity index (χ1v) is 10.5. The molecule has 0 saturated carbocycles. The van der Waals surface area contributed by atoms with Crippen LogP contribution in [0.15, 0.2) is 12.2 Å². The van der Waals surface area contributed by atoms with Gasteiger partial charge in [-0.2, -0.15) is 0 Å². The first kappa shape index (κ1) is 28.6. The molecule has 0 spiro atoms. The fraction of sp³-hybridized carbons (Fsp3) is 0.727. The van der Waals surface area contributed by atoms with Crippen molar-refractivity contribution in [2.45, 2.75) is 52.6 Å². The maximum atomic E-state index is 12.7. The average molecular weight is 444 g/mol. The maximum Gasteiger partial charge on any atom is 0.347 e. The molecule has 0 aromatic heterocycles. The number of carbonyl (C=O) groups is 4. The monoisotopic (exact) mass is 443 g/mol. The van der Waals surface area contributed by atoms with E-state index in [0.29, 0.717) is 13.0 Å². The largest absolute Gasteiger partial charge is 0.469 e. The average Bonchev–Trinajstić information content (AvgIpc) is 2.71. The molecule has 0 bridgehead atoms. The van der Waals surface area contributed by atoms with E-state index in [9.17, 15) is 19.2 Å². The lowest BCUT2D eigenvalue weighted by Crippen LogP contribution is -2.36. The molecule has 9 heteroatoms. The standard InChI is InChI=1S/C22H37NO8/c1-8-9-11-29-22(27)18(31-19(24)15(2)3)14-17(13-16(4)20(25)28-7)21(26)30-12-10-23(5)6/h16-18H,2,8-14H2,1,3-7H3. The molecule has 0 N–H and O–H groups in total. The lowest BCUT2D eigenvalue weighted by Gasteiger charge is -2.23. The normalized spacial score (nSPS) is 13.6. The second kappa shape index (κ2) is 15.4. The van der Waals surface area contributed by atoms with Gasteiger partial charge in [-0.3, -0.25) is 9.59 Å². The van der Waals surface area contributed by atoms with Gasteiger partial charge in [0.2, 0.25) is 0 Å². The van der Waals surface area contributed by atoms with Crippen molar-refractivity contribution in [3.05, 3.63) is 12.2 Å². The van der Waals surface area contributed by atoms with Gasteiger partial charge in [-0.15, -0.1) is 0 Å². The lowest BCUT2D eigenvalue weighted by molar-refractivity contribution is -0.169. The Morgan fingerprint density at radius 2 is 1.58 bits per heavy atom. The molecule has 0 aliphatic heterocycles. The van der Waals surface area contributed by atoms with Gasteiger partial charge in [0.25, 0.3) is 0 Å². The van der Waals surface area contributed by atoms with E-state index in [2.05, 4.69) is 6.58 Å². The lowest BCUT2D eigenvalue weighted by atomic mass is 9.91. The Kier molecular flexibility index (Phi) is 14.2. The minimum atomic E-state index is -1.32. The highest BCUT2D eigenvalue weighted by Gasteiger charge is 2.34. The second-order valence-corrected chi connectivity index (χ2v) is 7.76. The molecule has 0 aromatic carbocycles. The van der Waals surface area contributed by atoms with Crippen LogP contribution in [0.4, 0.5) is 0 Å². The van der Waals surface area contributed by atoms with Crippen LogP contribution in [-0.4, -0.2) is 75.8 Å². The first-order valence-electron chi connectivity index (χ1n) is 10.5. The van der Waals surface area contributed by atoms with Gasteiger partial charge in [0.15, 0.2) is 6.10 Å². The number of hydrogen-bond donors (Lipinski definition) is 0. The highest BCUT2D eigenvalue weighted by atomic mass is 16.6. The highest BCUT2D eigenvalue weighted by Crippen LogP contribution is 2.23. The third kappa shape index (κ3) is 12.1. The van der Waals surface area contributed by atoms with Crippen molar-refractivity contribution in [3.8, 4) is 0 Å². The SMILES string of the molecule is C=C(C)C(=O)OC(CC(CC(C)C(=O)OC)C(=O)OCCN(C)C)C(=O)OCCCC. The van der Waals surface area contributed by atoms with E-state index in [0.717, 1.165) is 6.42 Å². The van der Waals surface area contributed by atoms with Gasteiger partial charge in [0, 0.05) is 18.5 Å². The molecule has 0 aromatic rings. The number of hydrogen-bond acceptors (Lipinski definition) is 9. The molecule has 0 heterocycles. The van der Waals surface area contributed by atoms with Crippen LogP contribution in [0.25, 0.3) is 0 Å². The fourth-order valence-electron chi connectivity index (χ4n) is 2.55. The Bertz CT molecular complexity index is 617. The zero-order valence-corrected chi connectivity index (χ0v) is 19.6. The Balaban J connectivity index is 5.50. The van der Waals surface area contributed by atoms with Crippen molar-refractivity contribution in [1.82, 2.24) is 4.90 Å². The molecule has 3 unspecified atom stereocenters. The molecule has 0 rings (SSSR count). The number of carbonyl (C=O) groups excluding carboxylic acids is 4. The van der Waals surface area contributed by atoms with E-state index in [1.165, 1.54) is 14.0 Å². The van der Waals surface area contributed by atoms with Crippen LogP contribution >= 0.6 is 0 Å². The first-order chi connectivity index (χ1) is 14.5. The van der Waals surface area contributed by atoms with Crippen molar-refractivity contribution in [1.29, 1.82) is 0 Å². The van der Waals surface area contributed by atoms with Crippen LogP contribution in [0.1, 0.15) is 46.5 Å². The van der Waals surface area contributed by atoms with Crippen molar-refractivity contribution in [3.63, 3.8) is 0 Å². The minimum absolute atomic E-state index is 0.0663. The molecule has 3 atom stereocenters. The number of methoxy groups -OCH3 is 1. The van der Waals surface area contributed by atoms with E-state index < -0.39 is 41.8 Å². The molecule has 9 nitrogen and oxygen atoms in total. The van der Waals surface area contributed by atoms with Gasteiger partial charge in [0.1, 0.15) is 6.61 Å². The van der Waals surface area contributed by atoms with Gasteiger partial charge in [-0.05, 0) is 33.9 Å². The summed E-state index contributed by atoms with van der Waals surface area (Å²) in [4.78, 5) is 51.0. The van der Waals surface area contributed by atoms with Crippen molar-refractivity contribution < 1.29 is 38.1 Å². The highest BCUT2D eigenvalue weighted by molar-refractivity contribution is 5.89. The third-order valence-corrected chi connectivity index (χ3v) is 4.46. The quantitative estimate of drug-likeness (QED) is 0.163. The number of ether oxygens (including phenoxy) is 4. The van der Waals surface area contributed by atoms with E-state index >= 15 is 0 Å². The van der Waals surface area contributed by atoms with E-state index in [1.807, 2.05) is 25.9 Å². The zero-order valence-electron chi connectivity index (χ0n) is 19.6. The number of nitrogens with zero attached hydrogens (tertiary/aromatic N) is 1. The van der Waals surface area contributed by atoms with Crippen molar-refractivity contribution in [2.75, 3.05) is 41.0 Å². The number of unbranched alkanes of at least 4 members (excludes halogenated alkanes) is 1. The van der Waals surface area contributed by atoms with Crippen molar-refractivity contribution in [2.24, 2.45) is 11.8 Å². The maximum absolute atomic E-state index is 12.7. The molecule has 0 saturated heterocycles. The Morgan fingerprint density at radius 3 is 2.10 bits per heavy atom. The van der Waals surface area contributed by atoms with Crippen LogP contribution in [0.3, 0.4) is 0 Å². The summed E-state index contributed by atoms with van der Waals surface area (Å²) in [6.45, 7) is 9.35. The molecule has 0 fully saturated rings. The summed E-state index contributed by atoms with van der Waals surface area (Å²) < 4.78 is 20.5. The van der Waals surface area contributed by atoms with Crippen LogP contribution in [0.5, 0.6) is 0 Å². The molecule has 31 heavy (non-hydrogen) atoms. The molecule has 178 valence electrons. The third-order valence-electron chi connectivity index (χ3n) is 4.46. The van der Waals surface area contributed by atoms with Gasteiger partial charge in [0.05, 0.1) is 25.6 Å². The Hall–Kier alpha value is -2.42. The summed E-state index contributed by atoms with van der Waals surface area (Å²) in [5.41, 5.74) is 0.111. The van der Waals surface area contributed by atoms with Crippen LogP contribution < -0.4 is 0 Å². The summed E-state index contributed by atoms with van der Waals surface area (Å²) in [5.74, 6) is -4.09. The molecular weight excluding hydrogens is 406 g/mol. The van der Waals surface area contributed by atoms with Crippen LogP contribution in [0, 0.1) is 11.8 Å². The minimum Gasteiger partial charge on any atom is -0.469 e. The number of likely N-dealkylation sites (N-methyl/N-ethyl adjacent to an activating group) is 1. The van der Waals surface area contributed by atoms with Crippen molar-refractivity contribution >= 4 is 23.9 Å². The summed E-state index contributed by atoms with van der Waals surface area (Å²) in [7, 11) is 4.93. The topological polar surface area (TPSA) is 108 Å². The van der Waals surface area contributed by atoms with Gasteiger partial charge < -0.3 is 23.8 Å².